The summed E-state index contributed by atoms with van der Waals surface area (Å²) in [5.74, 6) is -0.0657. The van der Waals surface area contributed by atoms with Crippen LogP contribution in [0.15, 0.2) is 11.7 Å². The standard InChI is InChI=1S/C10H17N3OS/c1-2-3-4-8(5-11)13-10(14)9-6-12-7-15-9/h6-8H,2-5,11H2,1H3,(H,13,14). The van der Waals surface area contributed by atoms with E-state index in [0.29, 0.717) is 11.4 Å². The van der Waals surface area contributed by atoms with E-state index in [-0.39, 0.29) is 11.9 Å². The van der Waals surface area contributed by atoms with Crippen LogP contribution in [0.2, 0.25) is 0 Å². The fourth-order valence-corrected chi connectivity index (χ4v) is 1.81. The first-order chi connectivity index (χ1) is 7.27. The summed E-state index contributed by atoms with van der Waals surface area (Å²) in [6.07, 6.45) is 4.72. The van der Waals surface area contributed by atoms with E-state index in [0.717, 1.165) is 19.3 Å². The zero-order chi connectivity index (χ0) is 11.1. The molecule has 1 aromatic rings. The van der Waals surface area contributed by atoms with Crippen molar-refractivity contribution in [2.45, 2.75) is 32.2 Å². The van der Waals surface area contributed by atoms with Gasteiger partial charge < -0.3 is 11.1 Å². The number of hydrogen-bond donors (Lipinski definition) is 2. The Kier molecular flexibility index (Phi) is 5.28. The molecule has 3 N–H and O–H groups in total. The van der Waals surface area contributed by atoms with Crippen LogP contribution in [0.4, 0.5) is 0 Å². The van der Waals surface area contributed by atoms with E-state index in [9.17, 15) is 4.79 Å². The molecule has 1 aromatic heterocycles. The van der Waals surface area contributed by atoms with Crippen molar-refractivity contribution in [1.29, 1.82) is 0 Å². The second kappa shape index (κ2) is 6.53. The van der Waals surface area contributed by atoms with Crippen LogP contribution in [0.3, 0.4) is 0 Å². The predicted octanol–water partition coefficient (Wildman–Crippen LogP) is 1.39. The zero-order valence-corrected chi connectivity index (χ0v) is 9.72. The number of thiazole rings is 1. The van der Waals surface area contributed by atoms with Gasteiger partial charge in [0.15, 0.2) is 0 Å². The molecule has 0 bridgehead atoms. The molecule has 0 aromatic carbocycles. The van der Waals surface area contributed by atoms with Crippen LogP contribution in [0.25, 0.3) is 0 Å². The summed E-state index contributed by atoms with van der Waals surface area (Å²) in [5.41, 5.74) is 7.24. The molecular formula is C10H17N3OS. The third-order valence-electron chi connectivity index (χ3n) is 2.18. The van der Waals surface area contributed by atoms with Crippen molar-refractivity contribution in [3.8, 4) is 0 Å². The second-order valence-electron chi connectivity index (χ2n) is 3.41. The smallest absolute Gasteiger partial charge is 0.263 e. The highest BCUT2D eigenvalue weighted by molar-refractivity contribution is 7.11. The van der Waals surface area contributed by atoms with E-state index in [1.807, 2.05) is 0 Å². The van der Waals surface area contributed by atoms with Gasteiger partial charge in [-0.3, -0.25) is 9.78 Å². The molecule has 0 aliphatic carbocycles. The first kappa shape index (κ1) is 12.1. The first-order valence-corrected chi connectivity index (χ1v) is 6.05. The maximum absolute atomic E-state index is 11.6. The molecule has 15 heavy (non-hydrogen) atoms. The number of rotatable bonds is 6. The van der Waals surface area contributed by atoms with Crippen molar-refractivity contribution in [1.82, 2.24) is 10.3 Å². The number of nitrogens with two attached hydrogens (primary N) is 1. The Morgan fingerprint density at radius 2 is 2.53 bits per heavy atom. The zero-order valence-electron chi connectivity index (χ0n) is 8.90. The SMILES string of the molecule is CCCCC(CN)NC(=O)c1cncs1. The summed E-state index contributed by atoms with van der Waals surface area (Å²) in [6, 6.07) is 0.0829. The molecule has 4 nitrogen and oxygen atoms in total. The molecule has 1 heterocycles. The minimum absolute atomic E-state index is 0.0657. The number of amides is 1. The van der Waals surface area contributed by atoms with Gasteiger partial charge in [-0.05, 0) is 6.42 Å². The molecule has 5 heteroatoms. The van der Waals surface area contributed by atoms with Crippen LogP contribution < -0.4 is 11.1 Å². The number of nitrogens with zero attached hydrogens (tertiary/aromatic N) is 1. The minimum Gasteiger partial charge on any atom is -0.347 e. The van der Waals surface area contributed by atoms with Gasteiger partial charge in [-0.1, -0.05) is 19.8 Å². The minimum atomic E-state index is -0.0657. The van der Waals surface area contributed by atoms with Crippen molar-refractivity contribution < 1.29 is 4.79 Å². The Morgan fingerprint density at radius 1 is 1.73 bits per heavy atom. The lowest BCUT2D eigenvalue weighted by atomic mass is 10.1. The van der Waals surface area contributed by atoms with Crippen molar-refractivity contribution in [3.63, 3.8) is 0 Å². The van der Waals surface area contributed by atoms with Crippen LogP contribution in [0, 0.1) is 0 Å². The van der Waals surface area contributed by atoms with Crippen LogP contribution >= 0.6 is 11.3 Å². The van der Waals surface area contributed by atoms with E-state index in [1.54, 1.807) is 11.7 Å². The monoisotopic (exact) mass is 227 g/mol. The maximum Gasteiger partial charge on any atom is 0.263 e. The van der Waals surface area contributed by atoms with Crippen LogP contribution in [0.5, 0.6) is 0 Å². The lowest BCUT2D eigenvalue weighted by molar-refractivity contribution is 0.0939. The first-order valence-electron chi connectivity index (χ1n) is 5.17. The Labute approximate surface area is 93.9 Å². The average Bonchev–Trinajstić information content (AvgIpc) is 2.77. The lowest BCUT2D eigenvalue weighted by Crippen LogP contribution is -2.39. The number of nitrogens with one attached hydrogen (secondary N) is 1. The van der Waals surface area contributed by atoms with Crippen LogP contribution in [0.1, 0.15) is 35.9 Å². The molecule has 1 amide bonds. The molecule has 0 saturated heterocycles. The van der Waals surface area contributed by atoms with Crippen molar-refractivity contribution in [2.24, 2.45) is 5.73 Å². The Bertz CT molecular complexity index is 287. The van der Waals surface area contributed by atoms with Gasteiger partial charge in [0.25, 0.3) is 5.91 Å². The summed E-state index contributed by atoms with van der Waals surface area (Å²) < 4.78 is 0. The van der Waals surface area contributed by atoms with Gasteiger partial charge in [0.2, 0.25) is 0 Å². The second-order valence-corrected chi connectivity index (χ2v) is 4.30. The molecule has 0 radical (unpaired) electrons. The lowest BCUT2D eigenvalue weighted by Gasteiger charge is -2.15. The van der Waals surface area contributed by atoms with E-state index < -0.39 is 0 Å². The third-order valence-corrected chi connectivity index (χ3v) is 2.95. The summed E-state index contributed by atoms with van der Waals surface area (Å²) in [7, 11) is 0. The maximum atomic E-state index is 11.6. The van der Waals surface area contributed by atoms with Gasteiger partial charge in [-0.25, -0.2) is 0 Å². The fraction of sp³-hybridized carbons (Fsp3) is 0.600. The molecule has 1 atom stereocenters. The molecule has 0 spiro atoms. The molecule has 0 saturated carbocycles. The van der Waals surface area contributed by atoms with Gasteiger partial charge in [-0.15, -0.1) is 11.3 Å². The van der Waals surface area contributed by atoms with Gasteiger partial charge in [0.05, 0.1) is 11.7 Å². The molecule has 0 fully saturated rings. The number of hydrogen-bond acceptors (Lipinski definition) is 4. The highest BCUT2D eigenvalue weighted by Gasteiger charge is 2.12. The normalized spacial score (nSPS) is 12.4. The van der Waals surface area contributed by atoms with Crippen LogP contribution in [-0.4, -0.2) is 23.5 Å². The van der Waals surface area contributed by atoms with E-state index >= 15 is 0 Å². The van der Waals surface area contributed by atoms with Gasteiger partial charge >= 0.3 is 0 Å². The third kappa shape index (κ3) is 3.97. The Morgan fingerprint density at radius 3 is 3.07 bits per heavy atom. The summed E-state index contributed by atoms with van der Waals surface area (Å²) in [6.45, 7) is 2.61. The number of carbonyl (C=O) groups is 1. The largest absolute Gasteiger partial charge is 0.347 e. The summed E-state index contributed by atoms with van der Waals surface area (Å²) in [4.78, 5) is 16.2. The molecule has 0 aliphatic rings. The summed E-state index contributed by atoms with van der Waals surface area (Å²) >= 11 is 1.34. The fourth-order valence-electron chi connectivity index (χ4n) is 1.28. The Hall–Kier alpha value is -0.940. The molecule has 84 valence electrons. The highest BCUT2D eigenvalue weighted by atomic mass is 32.1. The predicted molar refractivity (Wildman–Crippen MR) is 61.9 cm³/mol. The van der Waals surface area contributed by atoms with Crippen molar-refractivity contribution in [2.75, 3.05) is 6.54 Å². The highest BCUT2D eigenvalue weighted by Crippen LogP contribution is 2.06. The molecular weight excluding hydrogens is 210 g/mol. The Balaban J connectivity index is 2.41. The van der Waals surface area contributed by atoms with Gasteiger partial charge in [0, 0.05) is 12.6 Å². The van der Waals surface area contributed by atoms with Gasteiger partial charge in [0.1, 0.15) is 4.88 Å². The van der Waals surface area contributed by atoms with Crippen molar-refractivity contribution >= 4 is 17.2 Å². The quantitative estimate of drug-likeness (QED) is 0.771. The van der Waals surface area contributed by atoms with Crippen molar-refractivity contribution in [3.05, 3.63) is 16.6 Å². The topological polar surface area (TPSA) is 68.0 Å². The number of aromatic nitrogens is 1. The van der Waals surface area contributed by atoms with E-state index in [4.69, 9.17) is 5.73 Å². The van der Waals surface area contributed by atoms with E-state index in [1.165, 1.54) is 11.3 Å². The number of carbonyl (C=O) groups excluding carboxylic acids is 1. The molecule has 0 aliphatic heterocycles. The van der Waals surface area contributed by atoms with E-state index in [2.05, 4.69) is 17.2 Å². The molecule has 1 unspecified atom stereocenters. The summed E-state index contributed by atoms with van der Waals surface area (Å²) in [5, 5.41) is 2.91. The molecule has 1 rings (SSSR count). The van der Waals surface area contributed by atoms with Gasteiger partial charge in [-0.2, -0.15) is 0 Å². The number of unbranched alkanes of at least 4 members (excludes halogenated alkanes) is 1. The average molecular weight is 227 g/mol. The van der Waals surface area contributed by atoms with Crippen LogP contribution in [-0.2, 0) is 0 Å².